The number of benzene rings is 1. The quantitative estimate of drug-likeness (QED) is 0.416. The first-order chi connectivity index (χ1) is 11.1. The van der Waals surface area contributed by atoms with Gasteiger partial charge in [0.1, 0.15) is 5.69 Å². The van der Waals surface area contributed by atoms with E-state index in [2.05, 4.69) is 15.3 Å². The summed E-state index contributed by atoms with van der Waals surface area (Å²) in [5.74, 6) is 0. The number of hydrogen-bond donors (Lipinski definition) is 0. The van der Waals surface area contributed by atoms with Crippen molar-refractivity contribution >= 4 is 12.0 Å². The van der Waals surface area contributed by atoms with E-state index in [0.717, 1.165) is 5.56 Å². The minimum atomic E-state index is -0.480. The molecule has 0 saturated heterocycles. The van der Waals surface area contributed by atoms with Crippen molar-refractivity contribution in [3.8, 4) is 16.9 Å². The van der Waals surface area contributed by atoms with Crippen molar-refractivity contribution in [2.24, 2.45) is 0 Å². The Labute approximate surface area is 130 Å². The minimum Gasteiger partial charge on any atom is -0.296 e. The average Bonchev–Trinajstić information content (AvgIpc) is 2.99. The van der Waals surface area contributed by atoms with Gasteiger partial charge in [-0.2, -0.15) is 0 Å². The second-order valence-corrected chi connectivity index (χ2v) is 4.82. The van der Waals surface area contributed by atoms with Crippen LogP contribution in [0.3, 0.4) is 0 Å². The number of non-ortho nitro benzene ring substituents is 1. The van der Waals surface area contributed by atoms with Crippen LogP contribution in [0.25, 0.3) is 16.9 Å². The fraction of sp³-hybridized carbons (Fsp3) is 0.0667. The molecular formula is C15H11N5O3. The van der Waals surface area contributed by atoms with Crippen LogP contribution < -0.4 is 0 Å². The summed E-state index contributed by atoms with van der Waals surface area (Å²) < 4.78 is 1.43. The molecule has 0 aliphatic heterocycles. The minimum absolute atomic E-state index is 0.0607. The fourth-order valence-corrected chi connectivity index (χ4v) is 2.26. The summed E-state index contributed by atoms with van der Waals surface area (Å²) in [5.41, 5.74) is 2.51. The Balaban J connectivity index is 2.26. The second kappa shape index (κ2) is 5.76. The Hall–Kier alpha value is -3.42. The monoisotopic (exact) mass is 309 g/mol. The highest BCUT2D eigenvalue weighted by Gasteiger charge is 2.19. The Morgan fingerprint density at radius 2 is 1.96 bits per heavy atom. The summed E-state index contributed by atoms with van der Waals surface area (Å²) in [6, 6.07) is 7.89. The van der Waals surface area contributed by atoms with Crippen molar-refractivity contribution < 1.29 is 9.72 Å². The van der Waals surface area contributed by atoms with E-state index < -0.39 is 4.92 Å². The third kappa shape index (κ3) is 2.57. The molecule has 0 aliphatic rings. The van der Waals surface area contributed by atoms with E-state index in [9.17, 15) is 14.9 Å². The number of aldehydes is 1. The topological polar surface area (TPSA) is 104 Å². The zero-order valence-corrected chi connectivity index (χ0v) is 12.1. The van der Waals surface area contributed by atoms with Crippen molar-refractivity contribution in [1.29, 1.82) is 0 Å². The van der Waals surface area contributed by atoms with E-state index in [1.54, 1.807) is 37.5 Å². The standard InChI is InChI=1S/C15H11N5O3/c1-10-2-3-12(20(22)23)8-14(10)19-15(13(9-21)17-18-19)11-4-6-16-7-5-11/h2-9H,1H3. The molecular weight excluding hydrogens is 298 g/mol. The molecule has 0 spiro atoms. The average molecular weight is 309 g/mol. The van der Waals surface area contributed by atoms with Gasteiger partial charge >= 0.3 is 0 Å². The number of nitro benzene ring substituents is 1. The molecule has 0 N–H and O–H groups in total. The summed E-state index contributed by atoms with van der Waals surface area (Å²) in [4.78, 5) is 25.7. The molecule has 0 fully saturated rings. The molecule has 0 unspecified atom stereocenters. The zero-order valence-electron chi connectivity index (χ0n) is 12.1. The van der Waals surface area contributed by atoms with Gasteiger partial charge in [0.25, 0.3) is 5.69 Å². The highest BCUT2D eigenvalue weighted by Crippen LogP contribution is 2.27. The molecule has 0 amide bonds. The van der Waals surface area contributed by atoms with Gasteiger partial charge in [-0.15, -0.1) is 5.10 Å². The number of aromatic nitrogens is 4. The first-order valence-corrected chi connectivity index (χ1v) is 6.68. The number of pyridine rings is 1. The Bertz CT molecular complexity index is 889. The predicted molar refractivity (Wildman–Crippen MR) is 81.4 cm³/mol. The third-order valence-corrected chi connectivity index (χ3v) is 3.39. The Kier molecular flexibility index (Phi) is 3.63. The molecule has 0 saturated carbocycles. The number of hydrogen-bond acceptors (Lipinski definition) is 6. The highest BCUT2D eigenvalue weighted by atomic mass is 16.6. The molecule has 1 aromatic carbocycles. The van der Waals surface area contributed by atoms with E-state index in [1.807, 2.05) is 0 Å². The van der Waals surface area contributed by atoms with Gasteiger partial charge in [-0.1, -0.05) is 11.3 Å². The maximum absolute atomic E-state index is 11.3. The van der Waals surface area contributed by atoms with Gasteiger partial charge in [-0.05, 0) is 24.6 Å². The van der Waals surface area contributed by atoms with Gasteiger partial charge in [0.15, 0.2) is 12.0 Å². The molecule has 23 heavy (non-hydrogen) atoms. The van der Waals surface area contributed by atoms with Crippen LogP contribution in [0.5, 0.6) is 0 Å². The van der Waals surface area contributed by atoms with Crippen molar-refractivity contribution in [2.45, 2.75) is 6.92 Å². The predicted octanol–water partition coefficient (Wildman–Crippen LogP) is 2.36. The van der Waals surface area contributed by atoms with Crippen LogP contribution in [0.4, 0.5) is 5.69 Å². The second-order valence-electron chi connectivity index (χ2n) is 4.82. The summed E-state index contributed by atoms with van der Waals surface area (Å²) in [5, 5.41) is 18.9. The van der Waals surface area contributed by atoms with Gasteiger partial charge in [-0.3, -0.25) is 19.9 Å². The van der Waals surface area contributed by atoms with Crippen molar-refractivity contribution in [3.63, 3.8) is 0 Å². The number of carbonyl (C=O) groups is 1. The molecule has 0 atom stereocenters. The summed E-state index contributed by atoms with van der Waals surface area (Å²) >= 11 is 0. The molecule has 0 aliphatic carbocycles. The van der Waals surface area contributed by atoms with Gasteiger partial charge in [0, 0.05) is 30.1 Å². The van der Waals surface area contributed by atoms with Crippen LogP contribution in [0.15, 0.2) is 42.7 Å². The lowest BCUT2D eigenvalue weighted by atomic mass is 10.1. The number of carbonyl (C=O) groups excluding carboxylic acids is 1. The maximum atomic E-state index is 11.3. The lowest BCUT2D eigenvalue weighted by Gasteiger charge is -2.09. The molecule has 0 radical (unpaired) electrons. The number of nitrogens with zero attached hydrogens (tertiary/aromatic N) is 5. The van der Waals surface area contributed by atoms with E-state index in [0.29, 0.717) is 23.2 Å². The zero-order chi connectivity index (χ0) is 16.4. The number of nitro groups is 1. The SMILES string of the molecule is Cc1ccc([N+](=O)[O-])cc1-n1nnc(C=O)c1-c1ccncc1. The van der Waals surface area contributed by atoms with Gasteiger partial charge in [-0.25, -0.2) is 4.68 Å². The van der Waals surface area contributed by atoms with Crippen molar-refractivity contribution in [2.75, 3.05) is 0 Å². The van der Waals surface area contributed by atoms with E-state index in [1.165, 1.54) is 16.8 Å². The number of rotatable bonds is 4. The smallest absolute Gasteiger partial charge is 0.271 e. The molecule has 0 bridgehead atoms. The largest absolute Gasteiger partial charge is 0.296 e. The summed E-state index contributed by atoms with van der Waals surface area (Å²) in [7, 11) is 0. The highest BCUT2D eigenvalue weighted by molar-refractivity contribution is 5.84. The lowest BCUT2D eigenvalue weighted by molar-refractivity contribution is -0.384. The van der Waals surface area contributed by atoms with Crippen LogP contribution in [0, 0.1) is 17.0 Å². The van der Waals surface area contributed by atoms with Crippen LogP contribution in [-0.2, 0) is 0 Å². The summed E-state index contributed by atoms with van der Waals surface area (Å²) in [6.45, 7) is 1.80. The van der Waals surface area contributed by atoms with E-state index >= 15 is 0 Å². The molecule has 3 rings (SSSR count). The van der Waals surface area contributed by atoms with E-state index in [4.69, 9.17) is 0 Å². The molecule has 3 aromatic rings. The first kappa shape index (κ1) is 14.5. The van der Waals surface area contributed by atoms with Gasteiger partial charge in [0.2, 0.25) is 0 Å². The van der Waals surface area contributed by atoms with Gasteiger partial charge < -0.3 is 0 Å². The molecule has 2 heterocycles. The molecule has 8 heteroatoms. The molecule has 8 nitrogen and oxygen atoms in total. The van der Waals surface area contributed by atoms with Crippen LogP contribution in [0.2, 0.25) is 0 Å². The van der Waals surface area contributed by atoms with Crippen LogP contribution in [-0.4, -0.2) is 31.2 Å². The fourth-order valence-electron chi connectivity index (χ4n) is 2.26. The lowest BCUT2D eigenvalue weighted by Crippen LogP contribution is -2.03. The normalized spacial score (nSPS) is 10.5. The van der Waals surface area contributed by atoms with Crippen LogP contribution in [0.1, 0.15) is 16.1 Å². The molecule has 2 aromatic heterocycles. The van der Waals surface area contributed by atoms with Crippen molar-refractivity contribution in [1.82, 2.24) is 20.0 Å². The first-order valence-electron chi connectivity index (χ1n) is 6.68. The van der Waals surface area contributed by atoms with Crippen molar-refractivity contribution in [3.05, 3.63) is 64.1 Å². The molecule has 114 valence electrons. The Morgan fingerprint density at radius 3 is 2.61 bits per heavy atom. The maximum Gasteiger partial charge on any atom is 0.271 e. The van der Waals surface area contributed by atoms with Gasteiger partial charge in [0.05, 0.1) is 10.6 Å². The summed E-state index contributed by atoms with van der Waals surface area (Å²) in [6.07, 6.45) is 3.77. The third-order valence-electron chi connectivity index (χ3n) is 3.39. The van der Waals surface area contributed by atoms with Crippen LogP contribution >= 0.6 is 0 Å². The van der Waals surface area contributed by atoms with E-state index in [-0.39, 0.29) is 11.4 Å². The number of aryl methyl sites for hydroxylation is 1. The Morgan fingerprint density at radius 1 is 1.22 bits per heavy atom.